The summed E-state index contributed by atoms with van der Waals surface area (Å²) in [5.41, 5.74) is 6.64. The van der Waals surface area contributed by atoms with E-state index in [1.807, 2.05) is 0 Å². The molecule has 0 atom stereocenters. The van der Waals surface area contributed by atoms with E-state index in [9.17, 15) is 9.18 Å². The number of aromatic nitrogens is 1. The van der Waals surface area contributed by atoms with Crippen molar-refractivity contribution in [3.8, 4) is 5.69 Å². The van der Waals surface area contributed by atoms with E-state index in [-0.39, 0.29) is 5.56 Å². The van der Waals surface area contributed by atoms with Gasteiger partial charge in [0.05, 0.1) is 5.69 Å². The standard InChI is InChI=1S/C14H12FN3O/c15-12-2-1-3-13(6-12)18-9-10(4-5-14(18)19)11(7-16)8-17/h1-9,16H,17H2/b11-8+,16-7?. The Morgan fingerprint density at radius 2 is 2.11 bits per heavy atom. The van der Waals surface area contributed by atoms with Crippen LogP contribution in [0, 0.1) is 11.2 Å². The van der Waals surface area contributed by atoms with E-state index in [4.69, 9.17) is 11.1 Å². The molecule has 0 aliphatic rings. The van der Waals surface area contributed by atoms with E-state index in [0.717, 1.165) is 6.21 Å². The Hall–Kier alpha value is -2.69. The van der Waals surface area contributed by atoms with Crippen LogP contribution in [0.3, 0.4) is 0 Å². The highest BCUT2D eigenvalue weighted by Crippen LogP contribution is 2.12. The van der Waals surface area contributed by atoms with E-state index in [0.29, 0.717) is 16.8 Å². The Morgan fingerprint density at radius 3 is 2.74 bits per heavy atom. The average Bonchev–Trinajstić information content (AvgIpc) is 2.42. The van der Waals surface area contributed by atoms with Gasteiger partial charge in [0.1, 0.15) is 5.82 Å². The number of hydrogen-bond donors (Lipinski definition) is 2. The van der Waals surface area contributed by atoms with Crippen molar-refractivity contribution >= 4 is 11.8 Å². The number of pyridine rings is 1. The first kappa shape index (κ1) is 12.8. The summed E-state index contributed by atoms with van der Waals surface area (Å²) in [6.45, 7) is 0. The molecule has 4 nitrogen and oxygen atoms in total. The second kappa shape index (κ2) is 5.30. The third-order valence-corrected chi connectivity index (χ3v) is 2.67. The Kier molecular flexibility index (Phi) is 3.56. The third-order valence-electron chi connectivity index (χ3n) is 2.67. The van der Waals surface area contributed by atoms with Gasteiger partial charge < -0.3 is 11.1 Å². The Bertz CT molecular complexity index is 704. The molecule has 2 rings (SSSR count). The summed E-state index contributed by atoms with van der Waals surface area (Å²) in [5, 5.41) is 7.24. The first-order valence-corrected chi connectivity index (χ1v) is 5.57. The van der Waals surface area contributed by atoms with E-state index < -0.39 is 5.82 Å². The maximum atomic E-state index is 13.2. The summed E-state index contributed by atoms with van der Waals surface area (Å²) < 4.78 is 14.5. The molecule has 0 spiro atoms. The van der Waals surface area contributed by atoms with Gasteiger partial charge in [-0.05, 0) is 24.3 Å². The highest BCUT2D eigenvalue weighted by molar-refractivity contribution is 6.07. The molecule has 0 aliphatic heterocycles. The Labute approximate surface area is 109 Å². The van der Waals surface area contributed by atoms with Crippen molar-refractivity contribution in [2.75, 3.05) is 0 Å². The van der Waals surface area contributed by atoms with Crippen LogP contribution in [-0.2, 0) is 0 Å². The first-order chi connectivity index (χ1) is 9.15. The average molecular weight is 257 g/mol. The van der Waals surface area contributed by atoms with Crippen LogP contribution in [0.2, 0.25) is 0 Å². The van der Waals surface area contributed by atoms with Gasteiger partial charge in [0.2, 0.25) is 0 Å². The summed E-state index contributed by atoms with van der Waals surface area (Å²) in [4.78, 5) is 11.8. The topological polar surface area (TPSA) is 71.9 Å². The van der Waals surface area contributed by atoms with Gasteiger partial charge >= 0.3 is 0 Å². The van der Waals surface area contributed by atoms with E-state index in [2.05, 4.69) is 0 Å². The van der Waals surface area contributed by atoms with Crippen LogP contribution in [0.1, 0.15) is 5.56 Å². The van der Waals surface area contributed by atoms with Crippen molar-refractivity contribution in [2.45, 2.75) is 0 Å². The van der Waals surface area contributed by atoms with Crippen molar-refractivity contribution in [2.24, 2.45) is 5.73 Å². The number of benzene rings is 1. The number of halogens is 1. The van der Waals surface area contributed by atoms with Crippen molar-refractivity contribution in [1.29, 1.82) is 5.41 Å². The molecule has 2 aromatic rings. The number of nitrogens with two attached hydrogens (primary N) is 1. The zero-order chi connectivity index (χ0) is 13.8. The molecule has 96 valence electrons. The van der Waals surface area contributed by atoms with E-state index in [1.54, 1.807) is 12.1 Å². The molecule has 0 fully saturated rings. The Balaban J connectivity index is 2.61. The van der Waals surface area contributed by atoms with Gasteiger partial charge in [-0.3, -0.25) is 9.36 Å². The molecule has 3 N–H and O–H groups in total. The van der Waals surface area contributed by atoms with Crippen LogP contribution < -0.4 is 11.3 Å². The lowest BCUT2D eigenvalue weighted by Crippen LogP contribution is -2.17. The maximum Gasteiger partial charge on any atom is 0.255 e. The number of nitrogens with one attached hydrogen (secondary N) is 1. The lowest BCUT2D eigenvalue weighted by Gasteiger charge is -2.08. The van der Waals surface area contributed by atoms with Crippen molar-refractivity contribution < 1.29 is 4.39 Å². The lowest BCUT2D eigenvalue weighted by atomic mass is 10.1. The van der Waals surface area contributed by atoms with Crippen LogP contribution in [-0.4, -0.2) is 10.8 Å². The predicted molar refractivity (Wildman–Crippen MR) is 72.9 cm³/mol. The fourth-order valence-corrected chi connectivity index (χ4v) is 1.71. The van der Waals surface area contributed by atoms with Crippen molar-refractivity contribution in [3.05, 3.63) is 70.5 Å². The highest BCUT2D eigenvalue weighted by atomic mass is 19.1. The lowest BCUT2D eigenvalue weighted by molar-refractivity contribution is 0.626. The molecule has 1 heterocycles. The minimum Gasteiger partial charge on any atom is -0.404 e. The van der Waals surface area contributed by atoms with Gasteiger partial charge in [0.15, 0.2) is 0 Å². The van der Waals surface area contributed by atoms with E-state index in [1.165, 1.54) is 41.2 Å². The minimum atomic E-state index is -0.420. The quantitative estimate of drug-likeness (QED) is 0.825. The molecule has 1 aromatic heterocycles. The van der Waals surface area contributed by atoms with Crippen LogP contribution in [0.25, 0.3) is 11.3 Å². The maximum absolute atomic E-state index is 13.2. The summed E-state index contributed by atoms with van der Waals surface area (Å²) in [7, 11) is 0. The fourth-order valence-electron chi connectivity index (χ4n) is 1.71. The van der Waals surface area contributed by atoms with Crippen LogP contribution in [0.15, 0.2) is 53.6 Å². The summed E-state index contributed by atoms with van der Waals surface area (Å²) in [6, 6.07) is 8.66. The summed E-state index contributed by atoms with van der Waals surface area (Å²) >= 11 is 0. The van der Waals surface area contributed by atoms with Crippen LogP contribution >= 0.6 is 0 Å². The first-order valence-electron chi connectivity index (χ1n) is 5.57. The molecular weight excluding hydrogens is 245 g/mol. The van der Waals surface area contributed by atoms with Gasteiger partial charge in [0.25, 0.3) is 5.56 Å². The smallest absolute Gasteiger partial charge is 0.255 e. The van der Waals surface area contributed by atoms with Crippen molar-refractivity contribution in [3.63, 3.8) is 0 Å². The van der Waals surface area contributed by atoms with Crippen LogP contribution in [0.4, 0.5) is 4.39 Å². The summed E-state index contributed by atoms with van der Waals surface area (Å²) in [6.07, 6.45) is 3.90. The molecular formula is C14H12FN3O. The zero-order valence-electron chi connectivity index (χ0n) is 10.0. The number of hydrogen-bond acceptors (Lipinski definition) is 3. The molecule has 19 heavy (non-hydrogen) atoms. The zero-order valence-corrected chi connectivity index (χ0v) is 10.0. The molecule has 0 unspecified atom stereocenters. The Morgan fingerprint density at radius 1 is 1.32 bits per heavy atom. The molecule has 0 radical (unpaired) electrons. The SMILES string of the molecule is N=C/C(=C\N)c1ccc(=O)n(-c2cccc(F)c2)c1. The number of nitrogens with zero attached hydrogens (tertiary/aromatic N) is 1. The molecule has 0 saturated carbocycles. The van der Waals surface area contributed by atoms with Gasteiger partial charge in [-0.2, -0.15) is 0 Å². The van der Waals surface area contributed by atoms with Crippen LogP contribution in [0.5, 0.6) is 0 Å². The number of rotatable bonds is 3. The minimum absolute atomic E-state index is 0.282. The normalized spacial score (nSPS) is 11.3. The summed E-state index contributed by atoms with van der Waals surface area (Å²) in [5.74, 6) is -0.420. The highest BCUT2D eigenvalue weighted by Gasteiger charge is 2.04. The van der Waals surface area contributed by atoms with Gasteiger partial charge in [-0.1, -0.05) is 6.07 Å². The number of allylic oxidation sites excluding steroid dienone is 1. The fraction of sp³-hybridized carbons (Fsp3) is 0. The molecule has 0 amide bonds. The molecule has 5 heteroatoms. The second-order valence-electron chi connectivity index (χ2n) is 3.87. The third kappa shape index (κ3) is 2.60. The largest absolute Gasteiger partial charge is 0.404 e. The molecule has 0 saturated heterocycles. The second-order valence-corrected chi connectivity index (χ2v) is 3.87. The van der Waals surface area contributed by atoms with Crippen molar-refractivity contribution in [1.82, 2.24) is 4.57 Å². The molecule has 0 bridgehead atoms. The molecule has 0 aliphatic carbocycles. The molecule has 1 aromatic carbocycles. The predicted octanol–water partition coefficient (Wildman–Crippen LogP) is 1.93. The van der Waals surface area contributed by atoms with Gasteiger partial charge in [-0.15, -0.1) is 0 Å². The van der Waals surface area contributed by atoms with Gasteiger partial charge in [-0.25, -0.2) is 4.39 Å². The van der Waals surface area contributed by atoms with Gasteiger partial charge in [0, 0.05) is 35.8 Å². The van der Waals surface area contributed by atoms with E-state index >= 15 is 0 Å². The monoisotopic (exact) mass is 257 g/mol.